The molecule has 0 bridgehead atoms. The van der Waals surface area contributed by atoms with E-state index in [1.807, 2.05) is 12.1 Å². The van der Waals surface area contributed by atoms with Gasteiger partial charge in [0.15, 0.2) is 15.6 Å². The van der Waals surface area contributed by atoms with Gasteiger partial charge in [-0.2, -0.15) is 0 Å². The average Bonchev–Trinajstić information content (AvgIpc) is 3.11. The fourth-order valence-electron chi connectivity index (χ4n) is 3.34. The van der Waals surface area contributed by atoms with Crippen molar-refractivity contribution in [3.63, 3.8) is 0 Å². The molecule has 2 fully saturated rings. The van der Waals surface area contributed by atoms with E-state index in [1.54, 1.807) is 19.1 Å². The number of nitrogens with zero attached hydrogens (tertiary/aromatic N) is 1. The molecular weight excluding hydrogens is 372 g/mol. The summed E-state index contributed by atoms with van der Waals surface area (Å²) in [6, 6.07) is 6.83. The average molecular weight is 398 g/mol. The van der Waals surface area contributed by atoms with Crippen LogP contribution in [0.15, 0.2) is 29.2 Å². The van der Waals surface area contributed by atoms with E-state index in [9.17, 15) is 13.2 Å². The largest absolute Gasteiger partial charge is 0.465 e. The zero-order valence-electron chi connectivity index (χ0n) is 15.5. The summed E-state index contributed by atoms with van der Waals surface area (Å²) in [7, 11) is -3.51. The maximum Gasteiger partial charge on any atom is 0.319 e. The van der Waals surface area contributed by atoms with E-state index in [1.165, 1.54) is 0 Å². The van der Waals surface area contributed by atoms with Crippen LogP contribution in [0.1, 0.15) is 19.8 Å². The number of benzene rings is 1. The monoisotopic (exact) mass is 398 g/mol. The third kappa shape index (κ3) is 4.98. The Labute approximate surface area is 159 Å². The summed E-state index contributed by atoms with van der Waals surface area (Å²) in [6.07, 6.45) is 1.59. The summed E-state index contributed by atoms with van der Waals surface area (Å²) >= 11 is 0. The van der Waals surface area contributed by atoms with Crippen molar-refractivity contribution in [1.29, 1.82) is 0 Å². The van der Waals surface area contributed by atoms with Crippen molar-refractivity contribution in [3.8, 4) is 0 Å². The van der Waals surface area contributed by atoms with Crippen molar-refractivity contribution in [2.24, 2.45) is 0 Å². The third-order valence-corrected chi connectivity index (χ3v) is 6.34. The maximum absolute atomic E-state index is 12.4. The summed E-state index contributed by atoms with van der Waals surface area (Å²) in [4.78, 5) is 13.7. The van der Waals surface area contributed by atoms with Gasteiger partial charge in [0.25, 0.3) is 0 Å². The van der Waals surface area contributed by atoms with Crippen molar-refractivity contribution in [3.05, 3.63) is 24.3 Å². The van der Waals surface area contributed by atoms with E-state index in [0.717, 1.165) is 31.6 Å². The molecule has 27 heavy (non-hydrogen) atoms. The van der Waals surface area contributed by atoms with Gasteiger partial charge in [0.2, 0.25) is 0 Å². The van der Waals surface area contributed by atoms with Crippen LogP contribution in [0.25, 0.3) is 0 Å². The lowest BCUT2D eigenvalue weighted by Crippen LogP contribution is -2.45. The molecule has 0 radical (unpaired) electrons. The zero-order valence-corrected chi connectivity index (χ0v) is 16.3. The van der Waals surface area contributed by atoms with Crippen LogP contribution in [0.2, 0.25) is 0 Å². The van der Waals surface area contributed by atoms with Gasteiger partial charge in [-0.05, 0) is 31.2 Å². The molecule has 9 heteroatoms. The first kappa shape index (κ1) is 20.1. The zero-order chi connectivity index (χ0) is 19.3. The quantitative estimate of drug-likeness (QED) is 0.678. The highest BCUT2D eigenvalue weighted by Crippen LogP contribution is 2.33. The van der Waals surface area contributed by atoms with Gasteiger partial charge in [-0.15, -0.1) is 0 Å². The van der Waals surface area contributed by atoms with Gasteiger partial charge in [-0.1, -0.05) is 0 Å². The molecule has 0 aromatic heterocycles. The van der Waals surface area contributed by atoms with Crippen LogP contribution in [-0.2, 0) is 28.8 Å². The van der Waals surface area contributed by atoms with Gasteiger partial charge >= 0.3 is 5.97 Å². The van der Waals surface area contributed by atoms with E-state index in [-0.39, 0.29) is 23.9 Å². The number of carbonyl (C=O) groups excluding carboxylic acids is 1. The van der Waals surface area contributed by atoms with E-state index in [4.69, 9.17) is 14.2 Å². The SMILES string of the molecule is CCOC(=O)CNCS(=O)(=O)c1ccc(N2CCC3(CC2)OCCO3)cc1. The number of nitrogens with one attached hydrogen (secondary N) is 1. The van der Waals surface area contributed by atoms with Crippen molar-refractivity contribution in [2.75, 3.05) is 50.2 Å². The lowest BCUT2D eigenvalue weighted by molar-refractivity contribution is -0.169. The van der Waals surface area contributed by atoms with E-state index in [0.29, 0.717) is 13.2 Å². The van der Waals surface area contributed by atoms with Gasteiger partial charge in [0.1, 0.15) is 5.88 Å². The Morgan fingerprint density at radius 3 is 2.41 bits per heavy atom. The molecular formula is C18H26N2O6S. The van der Waals surface area contributed by atoms with Crippen LogP contribution < -0.4 is 10.2 Å². The number of sulfone groups is 1. The molecule has 1 aromatic rings. The van der Waals surface area contributed by atoms with Crippen LogP contribution >= 0.6 is 0 Å². The van der Waals surface area contributed by atoms with Crippen LogP contribution in [0.5, 0.6) is 0 Å². The molecule has 0 atom stereocenters. The Bertz CT molecular complexity index is 734. The number of hydrogen-bond acceptors (Lipinski definition) is 8. The molecule has 1 aromatic carbocycles. The highest BCUT2D eigenvalue weighted by molar-refractivity contribution is 7.91. The van der Waals surface area contributed by atoms with Gasteiger partial charge < -0.3 is 19.1 Å². The smallest absolute Gasteiger partial charge is 0.319 e. The molecule has 0 aliphatic carbocycles. The third-order valence-electron chi connectivity index (χ3n) is 4.77. The van der Waals surface area contributed by atoms with Crippen molar-refractivity contribution in [2.45, 2.75) is 30.4 Å². The van der Waals surface area contributed by atoms with Crippen molar-refractivity contribution < 1.29 is 27.4 Å². The Morgan fingerprint density at radius 1 is 1.19 bits per heavy atom. The molecule has 0 unspecified atom stereocenters. The highest BCUT2D eigenvalue weighted by Gasteiger charge is 2.39. The molecule has 2 aliphatic heterocycles. The molecule has 0 amide bonds. The molecule has 1 spiro atoms. The number of hydrogen-bond donors (Lipinski definition) is 1. The first-order valence-electron chi connectivity index (χ1n) is 9.16. The second-order valence-electron chi connectivity index (χ2n) is 6.58. The molecule has 8 nitrogen and oxygen atoms in total. The van der Waals surface area contributed by atoms with Gasteiger partial charge in [0, 0.05) is 31.6 Å². The summed E-state index contributed by atoms with van der Waals surface area (Å²) in [6.45, 7) is 4.73. The van der Waals surface area contributed by atoms with Gasteiger partial charge in [0.05, 0.1) is 31.3 Å². The lowest BCUT2D eigenvalue weighted by atomic mass is 10.0. The number of carbonyl (C=O) groups is 1. The van der Waals surface area contributed by atoms with E-state index >= 15 is 0 Å². The Kier molecular flexibility index (Phi) is 6.36. The van der Waals surface area contributed by atoms with Gasteiger partial charge in [-0.25, -0.2) is 8.42 Å². The Hall–Kier alpha value is -1.68. The van der Waals surface area contributed by atoms with E-state index in [2.05, 4.69) is 10.2 Å². The minimum atomic E-state index is -3.51. The summed E-state index contributed by atoms with van der Waals surface area (Å²) in [5.41, 5.74) is 0.973. The fourth-order valence-corrected chi connectivity index (χ4v) is 4.43. The maximum atomic E-state index is 12.4. The molecule has 2 saturated heterocycles. The normalized spacial score (nSPS) is 19.4. The molecule has 1 N–H and O–H groups in total. The molecule has 150 valence electrons. The predicted molar refractivity (Wildman–Crippen MR) is 99.2 cm³/mol. The highest BCUT2D eigenvalue weighted by atomic mass is 32.2. The number of rotatable bonds is 7. The molecule has 2 heterocycles. The summed E-state index contributed by atoms with van der Waals surface area (Å²) in [5.74, 6) is -1.21. The Balaban J connectivity index is 1.54. The molecule has 2 aliphatic rings. The number of esters is 1. The van der Waals surface area contributed by atoms with Crippen LogP contribution in [0.3, 0.4) is 0 Å². The second kappa shape index (κ2) is 8.55. The first-order valence-corrected chi connectivity index (χ1v) is 10.8. The Morgan fingerprint density at radius 2 is 1.81 bits per heavy atom. The summed E-state index contributed by atoms with van der Waals surface area (Å²) in [5, 5.41) is 2.61. The lowest BCUT2D eigenvalue weighted by Gasteiger charge is -2.38. The fraction of sp³-hybridized carbons (Fsp3) is 0.611. The molecule has 3 rings (SSSR count). The topological polar surface area (TPSA) is 94.2 Å². The standard InChI is InChI=1S/C18H26N2O6S/c1-2-24-17(21)13-19-14-27(22,23)16-5-3-15(4-6-16)20-9-7-18(8-10-20)25-11-12-26-18/h3-6,19H,2,7-14H2,1H3. The summed E-state index contributed by atoms with van der Waals surface area (Å²) < 4.78 is 41.0. The second-order valence-corrected chi connectivity index (χ2v) is 8.57. The minimum Gasteiger partial charge on any atom is -0.465 e. The first-order chi connectivity index (χ1) is 12.9. The number of anilines is 1. The van der Waals surface area contributed by atoms with Crippen LogP contribution in [0.4, 0.5) is 5.69 Å². The number of ether oxygens (including phenoxy) is 3. The predicted octanol–water partition coefficient (Wildman–Crippen LogP) is 0.914. The van der Waals surface area contributed by atoms with Crippen molar-refractivity contribution >= 4 is 21.5 Å². The number of piperidine rings is 1. The van der Waals surface area contributed by atoms with Crippen LogP contribution in [0, 0.1) is 0 Å². The minimum absolute atomic E-state index is 0.134. The van der Waals surface area contributed by atoms with E-state index < -0.39 is 21.6 Å². The van der Waals surface area contributed by atoms with Crippen LogP contribution in [-0.4, -0.2) is 65.5 Å². The van der Waals surface area contributed by atoms with Gasteiger partial charge in [-0.3, -0.25) is 10.1 Å². The molecule has 0 saturated carbocycles. The van der Waals surface area contributed by atoms with Crippen molar-refractivity contribution in [1.82, 2.24) is 5.32 Å².